The maximum Gasteiger partial charge on any atom is 0.276 e. The van der Waals surface area contributed by atoms with Crippen molar-refractivity contribution < 1.29 is 4.79 Å². The number of nitrogens with one attached hydrogen (secondary N) is 1. The van der Waals surface area contributed by atoms with E-state index in [1.807, 2.05) is 19.0 Å². The van der Waals surface area contributed by atoms with Crippen LogP contribution in [0.2, 0.25) is 0 Å². The zero-order chi connectivity index (χ0) is 13.8. The molecule has 0 unspecified atom stereocenters. The van der Waals surface area contributed by atoms with Crippen LogP contribution >= 0.6 is 0 Å². The molecule has 6 heteroatoms. The fourth-order valence-corrected chi connectivity index (χ4v) is 1.64. The number of amides is 1. The monoisotopic (exact) mass is 257 g/mol. The molecule has 0 atom stereocenters. The molecule has 0 aliphatic carbocycles. The number of nitrogens with two attached hydrogens (primary N) is 1. The summed E-state index contributed by atoms with van der Waals surface area (Å²) in [7, 11) is 3.71. The van der Waals surface area contributed by atoms with Gasteiger partial charge in [0.15, 0.2) is 11.5 Å². The predicted molar refractivity (Wildman–Crippen MR) is 75.2 cm³/mol. The minimum absolute atomic E-state index is 0.205. The third-order valence-corrected chi connectivity index (χ3v) is 2.51. The second-order valence-corrected chi connectivity index (χ2v) is 4.16. The first-order valence-electron chi connectivity index (χ1n) is 5.74. The van der Waals surface area contributed by atoms with Crippen LogP contribution in [0.3, 0.4) is 0 Å². The highest BCUT2D eigenvalue weighted by atomic mass is 16.1. The van der Waals surface area contributed by atoms with Gasteiger partial charge in [0.25, 0.3) is 5.91 Å². The Morgan fingerprint density at radius 3 is 2.58 bits per heavy atom. The molecule has 3 N–H and O–H groups in total. The van der Waals surface area contributed by atoms with Gasteiger partial charge in [-0.25, -0.2) is 9.97 Å². The van der Waals surface area contributed by atoms with E-state index in [0.717, 1.165) is 0 Å². The number of nitrogens with zero attached hydrogens (tertiary/aromatic N) is 3. The molecule has 0 bridgehead atoms. The van der Waals surface area contributed by atoms with Crippen LogP contribution < -0.4 is 16.0 Å². The average Bonchev–Trinajstić information content (AvgIpc) is 2.39. The van der Waals surface area contributed by atoms with E-state index in [-0.39, 0.29) is 11.6 Å². The van der Waals surface area contributed by atoms with E-state index in [4.69, 9.17) is 5.73 Å². The summed E-state index contributed by atoms with van der Waals surface area (Å²) in [6, 6.07) is 6.85. The number of nitrogen functional groups attached to an aromatic ring is 1. The van der Waals surface area contributed by atoms with Crippen LogP contribution in [-0.2, 0) is 0 Å². The lowest BCUT2D eigenvalue weighted by molar-refractivity contribution is 0.102. The van der Waals surface area contributed by atoms with Crippen LogP contribution in [0.4, 0.5) is 17.2 Å². The van der Waals surface area contributed by atoms with Crippen molar-refractivity contribution in [3.05, 3.63) is 42.4 Å². The summed E-state index contributed by atoms with van der Waals surface area (Å²) in [4.78, 5) is 22.1. The fourth-order valence-electron chi connectivity index (χ4n) is 1.64. The van der Waals surface area contributed by atoms with Gasteiger partial charge < -0.3 is 16.0 Å². The molecule has 0 fully saturated rings. The molecule has 6 nitrogen and oxygen atoms in total. The molecule has 19 heavy (non-hydrogen) atoms. The number of hydrogen-bond donors (Lipinski definition) is 2. The number of pyridine rings is 2. The maximum atomic E-state index is 12.1. The second-order valence-electron chi connectivity index (χ2n) is 4.16. The van der Waals surface area contributed by atoms with E-state index < -0.39 is 0 Å². The number of hydrogen-bond acceptors (Lipinski definition) is 5. The molecule has 0 spiro atoms. The molecule has 0 radical (unpaired) electrons. The number of anilines is 3. The number of aromatic nitrogens is 2. The van der Waals surface area contributed by atoms with Crippen molar-refractivity contribution in [2.75, 3.05) is 30.0 Å². The molecule has 98 valence electrons. The summed E-state index contributed by atoms with van der Waals surface area (Å²) >= 11 is 0. The molecule has 2 aromatic heterocycles. The molecule has 2 heterocycles. The molecule has 1 amide bonds. The van der Waals surface area contributed by atoms with Crippen molar-refractivity contribution in [3.63, 3.8) is 0 Å². The molecule has 0 saturated heterocycles. The van der Waals surface area contributed by atoms with Crippen LogP contribution in [0.5, 0.6) is 0 Å². The van der Waals surface area contributed by atoms with E-state index in [0.29, 0.717) is 17.2 Å². The zero-order valence-electron chi connectivity index (χ0n) is 10.8. The second kappa shape index (κ2) is 5.34. The summed E-state index contributed by atoms with van der Waals surface area (Å²) < 4.78 is 0. The fraction of sp³-hybridized carbons (Fsp3) is 0.154. The number of rotatable bonds is 3. The lowest BCUT2D eigenvalue weighted by Crippen LogP contribution is -2.19. The van der Waals surface area contributed by atoms with Gasteiger partial charge in [-0.1, -0.05) is 0 Å². The first kappa shape index (κ1) is 12.8. The van der Waals surface area contributed by atoms with Crippen molar-refractivity contribution in [1.82, 2.24) is 9.97 Å². The first-order chi connectivity index (χ1) is 9.09. The highest BCUT2D eigenvalue weighted by Crippen LogP contribution is 2.21. The van der Waals surface area contributed by atoms with Crippen molar-refractivity contribution in [3.8, 4) is 0 Å². The Hall–Kier alpha value is -2.63. The molecule has 0 aliphatic rings. The topological polar surface area (TPSA) is 84.1 Å². The van der Waals surface area contributed by atoms with E-state index in [9.17, 15) is 4.79 Å². The maximum absolute atomic E-state index is 12.1. The molecular weight excluding hydrogens is 242 g/mol. The summed E-state index contributed by atoms with van der Waals surface area (Å²) in [6.07, 6.45) is 3.20. The Labute approximate surface area is 111 Å². The first-order valence-corrected chi connectivity index (χ1v) is 5.74. The largest absolute Gasteiger partial charge is 0.397 e. The predicted octanol–water partition coefficient (Wildman–Crippen LogP) is 1.38. The average molecular weight is 257 g/mol. The third kappa shape index (κ3) is 2.79. The minimum atomic E-state index is -0.353. The van der Waals surface area contributed by atoms with E-state index in [1.54, 1.807) is 30.5 Å². The number of carbonyl (C=O) groups is 1. The van der Waals surface area contributed by atoms with Gasteiger partial charge in [0.05, 0.1) is 11.4 Å². The van der Waals surface area contributed by atoms with Crippen molar-refractivity contribution in [1.29, 1.82) is 0 Å². The molecule has 0 aliphatic heterocycles. The van der Waals surface area contributed by atoms with Crippen LogP contribution in [0.15, 0.2) is 36.7 Å². The highest BCUT2D eigenvalue weighted by Gasteiger charge is 2.14. The molecule has 2 aromatic rings. The van der Waals surface area contributed by atoms with Gasteiger partial charge in [0, 0.05) is 26.5 Å². The summed E-state index contributed by atoms with van der Waals surface area (Å²) in [6.45, 7) is 0. The third-order valence-electron chi connectivity index (χ3n) is 2.51. The van der Waals surface area contributed by atoms with Crippen LogP contribution in [0.1, 0.15) is 10.5 Å². The SMILES string of the molecule is CN(C)c1ncccc1NC(=O)c1ncccc1N. The Morgan fingerprint density at radius 1 is 1.21 bits per heavy atom. The molecular formula is C13H15N5O. The zero-order valence-corrected chi connectivity index (χ0v) is 10.8. The standard InChI is InChI=1S/C13H15N5O/c1-18(2)12-10(6-4-8-16-12)17-13(19)11-9(14)5-3-7-15-11/h3-8H,14H2,1-2H3,(H,17,19). The van der Waals surface area contributed by atoms with Gasteiger partial charge in [0.2, 0.25) is 0 Å². The Balaban J connectivity index is 2.27. The van der Waals surface area contributed by atoms with Crippen molar-refractivity contribution in [2.45, 2.75) is 0 Å². The molecule has 0 saturated carbocycles. The van der Waals surface area contributed by atoms with Gasteiger partial charge in [-0.2, -0.15) is 0 Å². The Bertz CT molecular complexity index is 597. The minimum Gasteiger partial charge on any atom is -0.397 e. The van der Waals surface area contributed by atoms with Gasteiger partial charge in [-0.3, -0.25) is 4.79 Å². The van der Waals surface area contributed by atoms with Gasteiger partial charge >= 0.3 is 0 Å². The van der Waals surface area contributed by atoms with E-state index >= 15 is 0 Å². The van der Waals surface area contributed by atoms with Crippen molar-refractivity contribution >= 4 is 23.1 Å². The smallest absolute Gasteiger partial charge is 0.276 e. The van der Waals surface area contributed by atoms with Gasteiger partial charge in [-0.05, 0) is 24.3 Å². The normalized spacial score (nSPS) is 10.0. The number of carbonyl (C=O) groups excluding carboxylic acids is 1. The van der Waals surface area contributed by atoms with Crippen LogP contribution in [-0.4, -0.2) is 30.0 Å². The van der Waals surface area contributed by atoms with E-state index in [2.05, 4.69) is 15.3 Å². The van der Waals surface area contributed by atoms with Crippen LogP contribution in [0.25, 0.3) is 0 Å². The lowest BCUT2D eigenvalue weighted by atomic mass is 10.2. The summed E-state index contributed by atoms with van der Waals surface area (Å²) in [5, 5.41) is 2.76. The lowest BCUT2D eigenvalue weighted by Gasteiger charge is -2.16. The van der Waals surface area contributed by atoms with Gasteiger partial charge in [0.1, 0.15) is 0 Å². The summed E-state index contributed by atoms with van der Waals surface area (Å²) in [5.74, 6) is 0.319. The van der Waals surface area contributed by atoms with Gasteiger partial charge in [-0.15, -0.1) is 0 Å². The van der Waals surface area contributed by atoms with Crippen molar-refractivity contribution in [2.24, 2.45) is 0 Å². The molecule has 2 rings (SSSR count). The quantitative estimate of drug-likeness (QED) is 0.867. The Morgan fingerprint density at radius 2 is 1.89 bits per heavy atom. The molecule has 0 aromatic carbocycles. The summed E-state index contributed by atoms with van der Waals surface area (Å²) in [5.41, 5.74) is 6.88. The van der Waals surface area contributed by atoms with E-state index in [1.165, 1.54) is 6.20 Å². The van der Waals surface area contributed by atoms with Crippen LogP contribution in [0, 0.1) is 0 Å². The highest BCUT2D eigenvalue weighted by molar-refractivity contribution is 6.07. The Kier molecular flexibility index (Phi) is 3.61.